The number of benzene rings is 3. The number of ether oxygens (including phenoxy) is 2. The topological polar surface area (TPSA) is 67.9 Å². The molecule has 0 heterocycles. The number of hydrogen-bond donors (Lipinski definition) is 1. The molecule has 0 aliphatic carbocycles. The van der Waals surface area contributed by atoms with Crippen molar-refractivity contribution in [3.63, 3.8) is 0 Å². The maximum Gasteiger partial charge on any atom is 0.258 e. The van der Waals surface area contributed by atoms with E-state index in [1.165, 1.54) is 0 Å². The Morgan fingerprint density at radius 2 is 1.43 bits per heavy atom. The van der Waals surface area contributed by atoms with Crippen LogP contribution in [0.3, 0.4) is 0 Å². The molecule has 3 aromatic rings. The lowest BCUT2D eigenvalue weighted by Gasteiger charge is -2.23. The Bertz CT molecular complexity index is 944. The normalized spacial score (nSPS) is 10.2. The molecule has 0 radical (unpaired) electrons. The van der Waals surface area contributed by atoms with Crippen molar-refractivity contribution >= 4 is 17.5 Å². The van der Waals surface area contributed by atoms with Crippen molar-refractivity contribution in [2.24, 2.45) is 0 Å². The van der Waals surface area contributed by atoms with E-state index in [1.54, 1.807) is 36.3 Å². The average molecular weight is 404 g/mol. The van der Waals surface area contributed by atoms with Crippen molar-refractivity contribution in [3.8, 4) is 11.5 Å². The molecule has 2 amide bonds. The Morgan fingerprint density at radius 1 is 0.833 bits per heavy atom. The summed E-state index contributed by atoms with van der Waals surface area (Å²) in [6, 6.07) is 26.0. The second-order valence-corrected chi connectivity index (χ2v) is 6.54. The van der Waals surface area contributed by atoms with Gasteiger partial charge in [0.15, 0.2) is 6.61 Å². The van der Waals surface area contributed by atoms with E-state index in [2.05, 4.69) is 5.32 Å². The summed E-state index contributed by atoms with van der Waals surface area (Å²) < 4.78 is 10.5. The zero-order chi connectivity index (χ0) is 21.2. The average Bonchev–Trinajstić information content (AvgIpc) is 2.81. The lowest BCUT2D eigenvalue weighted by molar-refractivity contribution is -0.126. The predicted molar refractivity (Wildman–Crippen MR) is 116 cm³/mol. The predicted octanol–water partition coefficient (Wildman–Crippen LogP) is 3.42. The number of hydrogen-bond acceptors (Lipinski definition) is 4. The molecule has 0 spiro atoms. The lowest BCUT2D eigenvalue weighted by Crippen LogP contribution is -2.41. The maximum absolute atomic E-state index is 12.9. The first kappa shape index (κ1) is 20.9. The van der Waals surface area contributed by atoms with E-state index in [0.29, 0.717) is 18.0 Å². The molecule has 3 rings (SSSR count). The first-order chi connectivity index (χ1) is 14.7. The fraction of sp³-hybridized carbons (Fsp3) is 0.167. The molecule has 0 fully saturated rings. The Morgan fingerprint density at radius 3 is 2.07 bits per heavy atom. The number of anilines is 1. The molecular weight excluding hydrogens is 380 g/mol. The second kappa shape index (κ2) is 10.7. The highest BCUT2D eigenvalue weighted by Crippen LogP contribution is 2.18. The smallest absolute Gasteiger partial charge is 0.258 e. The summed E-state index contributed by atoms with van der Waals surface area (Å²) >= 11 is 0. The van der Waals surface area contributed by atoms with E-state index < -0.39 is 0 Å². The number of amides is 2. The lowest BCUT2D eigenvalue weighted by atomic mass is 10.2. The highest BCUT2D eigenvalue weighted by atomic mass is 16.5. The number of nitrogens with one attached hydrogen (secondary N) is 1. The molecule has 0 bridgehead atoms. The van der Waals surface area contributed by atoms with Crippen molar-refractivity contribution in [2.45, 2.75) is 6.54 Å². The molecule has 6 nitrogen and oxygen atoms in total. The summed E-state index contributed by atoms with van der Waals surface area (Å²) in [5.41, 5.74) is 1.78. The molecule has 0 saturated carbocycles. The minimum Gasteiger partial charge on any atom is -0.497 e. The van der Waals surface area contributed by atoms with Gasteiger partial charge in [-0.2, -0.15) is 0 Å². The third kappa shape index (κ3) is 6.10. The first-order valence-electron chi connectivity index (χ1n) is 9.58. The van der Waals surface area contributed by atoms with E-state index >= 15 is 0 Å². The highest BCUT2D eigenvalue weighted by Gasteiger charge is 2.17. The number of carbonyl (C=O) groups excluding carboxylic acids is 2. The standard InChI is InChI=1S/C24H24N2O4/c1-29-21-12-14-22(15-13-21)30-18-23(27)25-16-24(28)26(20-10-6-3-7-11-20)17-19-8-4-2-5-9-19/h2-15H,16-18H2,1H3,(H,25,27). The van der Waals surface area contributed by atoms with Gasteiger partial charge < -0.3 is 19.7 Å². The fourth-order valence-electron chi connectivity index (χ4n) is 2.84. The van der Waals surface area contributed by atoms with Crippen LogP contribution in [0.1, 0.15) is 5.56 Å². The summed E-state index contributed by atoms with van der Waals surface area (Å²) in [5.74, 6) is 0.679. The number of rotatable bonds is 9. The van der Waals surface area contributed by atoms with Crippen molar-refractivity contribution in [1.82, 2.24) is 5.32 Å². The van der Waals surface area contributed by atoms with Crippen LogP contribution in [-0.4, -0.2) is 32.1 Å². The Hall–Kier alpha value is -3.80. The zero-order valence-corrected chi connectivity index (χ0v) is 16.8. The van der Waals surface area contributed by atoms with Gasteiger partial charge in [-0.1, -0.05) is 48.5 Å². The van der Waals surface area contributed by atoms with Crippen LogP contribution in [0.2, 0.25) is 0 Å². The molecule has 0 aromatic heterocycles. The van der Waals surface area contributed by atoms with E-state index in [-0.39, 0.29) is 25.0 Å². The van der Waals surface area contributed by atoms with Crippen LogP contribution in [0.25, 0.3) is 0 Å². The Labute approximate surface area is 176 Å². The third-order valence-corrected chi connectivity index (χ3v) is 4.42. The van der Waals surface area contributed by atoms with Gasteiger partial charge in [-0.15, -0.1) is 0 Å². The van der Waals surface area contributed by atoms with Crippen LogP contribution >= 0.6 is 0 Å². The van der Waals surface area contributed by atoms with Crippen LogP contribution in [-0.2, 0) is 16.1 Å². The van der Waals surface area contributed by atoms with Gasteiger partial charge in [0.05, 0.1) is 20.2 Å². The van der Waals surface area contributed by atoms with E-state index in [0.717, 1.165) is 11.3 Å². The van der Waals surface area contributed by atoms with Crippen molar-refractivity contribution in [2.75, 3.05) is 25.2 Å². The third-order valence-electron chi connectivity index (χ3n) is 4.42. The molecule has 0 saturated heterocycles. The van der Waals surface area contributed by atoms with E-state index in [4.69, 9.17) is 9.47 Å². The van der Waals surface area contributed by atoms with Crippen molar-refractivity contribution in [3.05, 3.63) is 90.5 Å². The van der Waals surface area contributed by atoms with Crippen molar-refractivity contribution in [1.29, 1.82) is 0 Å². The van der Waals surface area contributed by atoms with Gasteiger partial charge in [0.2, 0.25) is 5.91 Å². The van der Waals surface area contributed by atoms with Gasteiger partial charge in [-0.05, 0) is 42.0 Å². The SMILES string of the molecule is COc1ccc(OCC(=O)NCC(=O)N(Cc2ccccc2)c2ccccc2)cc1. The van der Waals surface area contributed by atoms with E-state index in [1.807, 2.05) is 60.7 Å². The van der Waals surface area contributed by atoms with Crippen LogP contribution in [0.5, 0.6) is 11.5 Å². The van der Waals surface area contributed by atoms with Crippen LogP contribution in [0, 0.1) is 0 Å². The monoisotopic (exact) mass is 404 g/mol. The fourth-order valence-corrected chi connectivity index (χ4v) is 2.84. The van der Waals surface area contributed by atoms with Gasteiger partial charge in [0.25, 0.3) is 5.91 Å². The molecule has 0 aliphatic rings. The molecule has 0 unspecified atom stereocenters. The number of para-hydroxylation sites is 1. The molecule has 6 heteroatoms. The second-order valence-electron chi connectivity index (χ2n) is 6.54. The molecule has 0 aliphatic heterocycles. The Kier molecular flexibility index (Phi) is 7.44. The largest absolute Gasteiger partial charge is 0.497 e. The number of methoxy groups -OCH3 is 1. The van der Waals surface area contributed by atoms with Gasteiger partial charge >= 0.3 is 0 Å². The summed E-state index contributed by atoms with van der Waals surface area (Å²) in [5, 5.41) is 2.63. The van der Waals surface area contributed by atoms with Crippen LogP contribution < -0.4 is 19.7 Å². The van der Waals surface area contributed by atoms with E-state index in [9.17, 15) is 9.59 Å². The highest BCUT2D eigenvalue weighted by molar-refractivity contribution is 5.96. The quantitative estimate of drug-likeness (QED) is 0.593. The molecule has 1 N–H and O–H groups in total. The van der Waals surface area contributed by atoms with Gasteiger partial charge in [0.1, 0.15) is 11.5 Å². The summed E-state index contributed by atoms with van der Waals surface area (Å²) in [6.45, 7) is 0.123. The Balaban J connectivity index is 1.56. The molecule has 3 aromatic carbocycles. The molecule has 30 heavy (non-hydrogen) atoms. The van der Waals surface area contributed by atoms with Gasteiger partial charge in [-0.3, -0.25) is 9.59 Å². The minimum atomic E-state index is -0.369. The van der Waals surface area contributed by atoms with Gasteiger partial charge in [-0.25, -0.2) is 0 Å². The van der Waals surface area contributed by atoms with Crippen molar-refractivity contribution < 1.29 is 19.1 Å². The maximum atomic E-state index is 12.9. The molecular formula is C24H24N2O4. The number of nitrogens with zero attached hydrogens (tertiary/aromatic N) is 1. The molecule has 0 atom stereocenters. The number of carbonyl (C=O) groups is 2. The van der Waals surface area contributed by atoms with Crippen LogP contribution in [0.4, 0.5) is 5.69 Å². The van der Waals surface area contributed by atoms with Gasteiger partial charge in [0, 0.05) is 5.69 Å². The zero-order valence-electron chi connectivity index (χ0n) is 16.8. The summed E-state index contributed by atoms with van der Waals surface area (Å²) in [7, 11) is 1.58. The first-order valence-corrected chi connectivity index (χ1v) is 9.58. The summed E-state index contributed by atoms with van der Waals surface area (Å²) in [4.78, 5) is 26.6. The van der Waals surface area contributed by atoms with Crippen LogP contribution in [0.15, 0.2) is 84.9 Å². The molecule has 154 valence electrons. The minimum absolute atomic E-state index is 0.119. The summed E-state index contributed by atoms with van der Waals surface area (Å²) in [6.07, 6.45) is 0.